The molecule has 0 spiro atoms. The van der Waals surface area contributed by atoms with Gasteiger partial charge in [-0.15, -0.1) is 0 Å². The topological polar surface area (TPSA) is 108 Å². The summed E-state index contributed by atoms with van der Waals surface area (Å²) in [4.78, 5) is 34.6. The predicted molar refractivity (Wildman–Crippen MR) is 244 cm³/mol. The summed E-state index contributed by atoms with van der Waals surface area (Å²) in [7, 11) is -3.21. The Morgan fingerprint density at radius 3 is 1.24 bits per heavy atom. The van der Waals surface area contributed by atoms with Gasteiger partial charge in [-0.2, -0.15) is 0 Å². The van der Waals surface area contributed by atoms with Gasteiger partial charge in [0.15, 0.2) is 6.10 Å². The molecule has 0 radical (unpaired) electrons. The van der Waals surface area contributed by atoms with Crippen LogP contribution in [0.3, 0.4) is 0 Å². The maximum absolute atomic E-state index is 12.5. The summed E-state index contributed by atoms with van der Waals surface area (Å²) in [6, 6.07) is 0. The van der Waals surface area contributed by atoms with Gasteiger partial charge < -0.3 is 14.4 Å². The first-order valence-electron chi connectivity index (χ1n) is 24.2. The van der Waals surface area contributed by atoms with E-state index < -0.39 is 26.5 Å². The first-order chi connectivity index (χ1) is 28.3. The Kier molecular flexibility index (Phi) is 43.5. The van der Waals surface area contributed by atoms with Gasteiger partial charge in [-0.05, 0) is 70.6 Å². The summed E-state index contributed by atoms with van der Waals surface area (Å²) >= 11 is 0. The van der Waals surface area contributed by atoms with E-state index in [1.807, 2.05) is 0 Å². The van der Waals surface area contributed by atoms with Crippen molar-refractivity contribution in [3.63, 3.8) is 0 Å². The van der Waals surface area contributed by atoms with Crippen molar-refractivity contribution in [1.29, 1.82) is 0 Å². The molecule has 8 nitrogen and oxygen atoms in total. The molecule has 0 fully saturated rings. The van der Waals surface area contributed by atoms with Crippen LogP contribution >= 0.6 is 7.82 Å². The Balaban J connectivity index is 3.91. The van der Waals surface area contributed by atoms with E-state index in [2.05, 4.69) is 54.8 Å². The molecule has 0 saturated heterocycles. The molecule has 9 heteroatoms. The normalized spacial score (nSPS) is 13.5. The minimum atomic E-state index is -4.27. The fourth-order valence-corrected chi connectivity index (χ4v) is 7.32. The van der Waals surface area contributed by atoms with Crippen LogP contribution < -0.4 is 0 Å². The fourth-order valence-electron chi connectivity index (χ4n) is 6.86. The summed E-state index contributed by atoms with van der Waals surface area (Å²) in [6.07, 6.45) is 53.5. The van der Waals surface area contributed by atoms with E-state index in [0.29, 0.717) is 12.8 Å². The van der Waals surface area contributed by atoms with E-state index in [1.165, 1.54) is 148 Å². The van der Waals surface area contributed by atoms with Crippen LogP contribution in [0.15, 0.2) is 36.5 Å². The molecule has 0 rings (SSSR count). The van der Waals surface area contributed by atoms with E-state index in [4.69, 9.17) is 14.0 Å². The molecule has 1 N–H and O–H groups in total. The van der Waals surface area contributed by atoms with E-state index in [0.717, 1.165) is 64.9 Å². The molecule has 2 atom stereocenters. The Morgan fingerprint density at radius 1 is 0.483 bits per heavy atom. The van der Waals surface area contributed by atoms with Crippen molar-refractivity contribution < 1.29 is 37.6 Å². The van der Waals surface area contributed by atoms with Crippen LogP contribution in [0.25, 0.3) is 0 Å². The molecule has 0 aliphatic carbocycles. The summed E-state index contributed by atoms with van der Waals surface area (Å²) in [5.74, 6) is -0.813. The zero-order valence-electron chi connectivity index (χ0n) is 38.0. The van der Waals surface area contributed by atoms with Crippen LogP contribution in [0.2, 0.25) is 0 Å². The number of ether oxygens (including phenoxy) is 2. The van der Waals surface area contributed by atoms with Crippen molar-refractivity contribution in [3.05, 3.63) is 36.5 Å². The fraction of sp³-hybridized carbons (Fsp3) is 0.837. The van der Waals surface area contributed by atoms with Crippen LogP contribution in [0.5, 0.6) is 0 Å². The second-order valence-electron chi connectivity index (χ2n) is 16.2. The average molecular weight is 839 g/mol. The molecule has 58 heavy (non-hydrogen) atoms. The third-order valence-corrected chi connectivity index (χ3v) is 11.5. The van der Waals surface area contributed by atoms with Crippen molar-refractivity contribution in [3.8, 4) is 0 Å². The van der Waals surface area contributed by atoms with E-state index in [1.54, 1.807) is 0 Å². The van der Waals surface area contributed by atoms with Gasteiger partial charge in [0.05, 0.1) is 6.61 Å². The second-order valence-corrected chi connectivity index (χ2v) is 17.8. The summed E-state index contributed by atoms with van der Waals surface area (Å²) in [6.45, 7) is 3.88. The van der Waals surface area contributed by atoms with E-state index in [-0.39, 0.29) is 19.0 Å². The van der Waals surface area contributed by atoms with Crippen LogP contribution in [-0.2, 0) is 32.7 Å². The molecule has 0 saturated carbocycles. The number of hydrogen-bond donors (Lipinski definition) is 1. The Hall–Kier alpha value is -1.73. The molecule has 0 aromatic heterocycles. The lowest BCUT2D eigenvalue weighted by Gasteiger charge is -2.19. The zero-order chi connectivity index (χ0) is 42.5. The van der Waals surface area contributed by atoms with E-state index >= 15 is 0 Å². The van der Waals surface area contributed by atoms with Crippen molar-refractivity contribution in [2.24, 2.45) is 0 Å². The summed E-state index contributed by atoms with van der Waals surface area (Å²) in [5.41, 5.74) is 0. The number of esters is 2. The Labute approximate surface area is 357 Å². The number of carbonyl (C=O) groups is 2. The molecular formula is C49H91O8P. The number of phosphoric ester groups is 1. The molecule has 0 aliphatic heterocycles. The molecular weight excluding hydrogens is 748 g/mol. The average Bonchev–Trinajstić information content (AvgIpc) is 3.21. The molecule has 340 valence electrons. The van der Waals surface area contributed by atoms with Gasteiger partial charge in [0, 0.05) is 20.0 Å². The maximum Gasteiger partial charge on any atom is 0.472 e. The van der Waals surface area contributed by atoms with Crippen molar-refractivity contribution in [2.45, 2.75) is 245 Å². The number of unbranched alkanes of at least 4 members (excludes halogenated alkanes) is 28. The number of allylic oxidation sites excluding steroid dienone is 6. The van der Waals surface area contributed by atoms with Crippen LogP contribution in [-0.4, -0.2) is 43.3 Å². The van der Waals surface area contributed by atoms with Crippen molar-refractivity contribution in [2.75, 3.05) is 20.3 Å². The third kappa shape index (κ3) is 43.8. The SMILES string of the molecule is CCCCCC/C=C\C/C=C\CCCCCCCC(=O)OC(COC(=O)CCCCCCCCCCCCC/C=C\CCCCCCCCCC)COP(=O)(O)OC. The second kappa shape index (κ2) is 44.8. The van der Waals surface area contributed by atoms with E-state index in [9.17, 15) is 19.0 Å². The van der Waals surface area contributed by atoms with Crippen LogP contribution in [0, 0.1) is 0 Å². The minimum Gasteiger partial charge on any atom is -0.462 e. The smallest absolute Gasteiger partial charge is 0.462 e. The van der Waals surface area contributed by atoms with Crippen LogP contribution in [0.4, 0.5) is 0 Å². The number of phosphoric acid groups is 1. The molecule has 2 unspecified atom stereocenters. The molecule has 0 bridgehead atoms. The summed E-state index contributed by atoms with van der Waals surface area (Å²) < 4.78 is 32.1. The lowest BCUT2D eigenvalue weighted by molar-refractivity contribution is -0.161. The monoisotopic (exact) mass is 839 g/mol. The Bertz CT molecular complexity index is 1040. The predicted octanol–water partition coefficient (Wildman–Crippen LogP) is 15.6. The highest BCUT2D eigenvalue weighted by Gasteiger charge is 2.24. The van der Waals surface area contributed by atoms with Gasteiger partial charge in [0.1, 0.15) is 6.61 Å². The number of hydrogen-bond acceptors (Lipinski definition) is 7. The number of rotatable bonds is 45. The minimum absolute atomic E-state index is 0.230. The number of carbonyl (C=O) groups excluding carboxylic acids is 2. The first kappa shape index (κ1) is 56.3. The first-order valence-corrected chi connectivity index (χ1v) is 25.7. The third-order valence-electron chi connectivity index (χ3n) is 10.6. The van der Waals surface area contributed by atoms with Gasteiger partial charge in [-0.25, -0.2) is 4.57 Å². The van der Waals surface area contributed by atoms with Crippen molar-refractivity contribution >= 4 is 19.8 Å². The molecule has 0 aliphatic rings. The molecule has 0 heterocycles. The quantitative estimate of drug-likeness (QED) is 0.0279. The lowest BCUT2D eigenvalue weighted by Crippen LogP contribution is -2.29. The van der Waals surface area contributed by atoms with Gasteiger partial charge >= 0.3 is 19.8 Å². The molecule has 0 amide bonds. The zero-order valence-corrected chi connectivity index (χ0v) is 38.9. The molecule has 0 aromatic carbocycles. The van der Waals surface area contributed by atoms with Crippen molar-refractivity contribution in [1.82, 2.24) is 0 Å². The summed E-state index contributed by atoms with van der Waals surface area (Å²) in [5, 5.41) is 0. The highest BCUT2D eigenvalue weighted by Crippen LogP contribution is 2.42. The highest BCUT2D eigenvalue weighted by atomic mass is 31.2. The maximum atomic E-state index is 12.5. The largest absolute Gasteiger partial charge is 0.472 e. The lowest BCUT2D eigenvalue weighted by atomic mass is 10.0. The highest BCUT2D eigenvalue weighted by molar-refractivity contribution is 7.47. The van der Waals surface area contributed by atoms with Gasteiger partial charge in [-0.3, -0.25) is 18.6 Å². The Morgan fingerprint density at radius 2 is 0.828 bits per heavy atom. The van der Waals surface area contributed by atoms with Gasteiger partial charge in [0.2, 0.25) is 0 Å². The standard InChI is InChI=1S/C49H91O8P/c1-4-6-8-10-12-14-16-18-20-22-23-24-25-26-27-28-30-31-33-35-37-39-41-43-48(50)55-45-47(46-56-58(52,53)54-3)57-49(51)44-42-40-38-36-34-32-29-21-19-17-15-13-11-9-7-5-2/h15,17,21-23,29,47H,4-14,16,18-20,24-28,30-46H2,1-3H3,(H,52,53)/b17-15-,23-22-,29-21-. The van der Waals surface area contributed by atoms with Gasteiger partial charge in [-0.1, -0.05) is 192 Å². The molecule has 0 aromatic rings. The van der Waals surface area contributed by atoms with Gasteiger partial charge in [0.25, 0.3) is 0 Å². The van der Waals surface area contributed by atoms with Crippen LogP contribution in [0.1, 0.15) is 239 Å².